The van der Waals surface area contributed by atoms with Crippen LogP contribution in [0.15, 0.2) is 81.4 Å². The van der Waals surface area contributed by atoms with Crippen LogP contribution in [-0.2, 0) is 0 Å². The van der Waals surface area contributed by atoms with Gasteiger partial charge in [0.05, 0.1) is 17.3 Å². The third kappa shape index (κ3) is 3.21. The van der Waals surface area contributed by atoms with Crippen LogP contribution in [0.25, 0.3) is 0 Å². The Morgan fingerprint density at radius 3 is 2.31 bits per heavy atom. The quantitative estimate of drug-likeness (QED) is 0.679. The summed E-state index contributed by atoms with van der Waals surface area (Å²) in [7, 11) is 0. The molecule has 26 heavy (non-hydrogen) atoms. The topological polar surface area (TPSA) is 51.0 Å². The van der Waals surface area contributed by atoms with Crippen LogP contribution in [0.3, 0.4) is 0 Å². The van der Waals surface area contributed by atoms with Gasteiger partial charge in [0, 0.05) is 22.4 Å². The number of nitrogens with zero attached hydrogens (tertiary/aromatic N) is 2. The standard InChI is InChI=1S/C20H12Cl2N2O2/c21-13-3-7-15(8-4-13)26-14-5-1-12(2-6-14)20(25)19-18(22)16-9-10-23-17(16)11-24-19/h1-10H,11H2. The molecular formula is C20H12Cl2N2O2. The van der Waals surface area contributed by atoms with E-state index in [2.05, 4.69) is 9.98 Å². The summed E-state index contributed by atoms with van der Waals surface area (Å²) in [4.78, 5) is 21.2. The van der Waals surface area contributed by atoms with Gasteiger partial charge in [-0.2, -0.15) is 0 Å². The summed E-state index contributed by atoms with van der Waals surface area (Å²) in [5.41, 5.74) is 2.32. The molecule has 128 valence electrons. The SMILES string of the molecule is O=C(C1=NCC2=NC=CC2=C1Cl)c1ccc(Oc2ccc(Cl)cc2)cc1. The fourth-order valence-corrected chi connectivity index (χ4v) is 3.11. The van der Waals surface area contributed by atoms with Crippen molar-refractivity contribution in [1.82, 2.24) is 0 Å². The number of ketones is 1. The lowest BCUT2D eigenvalue weighted by atomic mass is 10.00. The van der Waals surface area contributed by atoms with E-state index in [1.165, 1.54) is 0 Å². The number of hydrogen-bond donors (Lipinski definition) is 0. The molecule has 0 radical (unpaired) electrons. The number of allylic oxidation sites excluding steroid dienone is 2. The largest absolute Gasteiger partial charge is 0.457 e. The van der Waals surface area contributed by atoms with Gasteiger partial charge in [-0.25, -0.2) is 0 Å². The predicted molar refractivity (Wildman–Crippen MR) is 104 cm³/mol. The fourth-order valence-electron chi connectivity index (χ4n) is 2.67. The summed E-state index contributed by atoms with van der Waals surface area (Å²) < 4.78 is 5.73. The van der Waals surface area contributed by atoms with Crippen molar-refractivity contribution in [3.8, 4) is 11.5 Å². The molecule has 4 rings (SSSR count). The lowest BCUT2D eigenvalue weighted by Gasteiger charge is -2.14. The first kappa shape index (κ1) is 16.8. The van der Waals surface area contributed by atoms with Crippen molar-refractivity contribution in [3.63, 3.8) is 0 Å². The Bertz CT molecular complexity index is 1000. The number of carbonyl (C=O) groups is 1. The van der Waals surface area contributed by atoms with Gasteiger partial charge in [0.1, 0.15) is 17.2 Å². The Morgan fingerprint density at radius 1 is 0.962 bits per heavy atom. The van der Waals surface area contributed by atoms with Gasteiger partial charge in [-0.05, 0) is 54.6 Å². The third-order valence-corrected chi connectivity index (χ3v) is 4.63. The molecule has 2 aromatic carbocycles. The van der Waals surface area contributed by atoms with Crippen LogP contribution in [0.2, 0.25) is 5.02 Å². The van der Waals surface area contributed by atoms with E-state index in [1.54, 1.807) is 60.8 Å². The summed E-state index contributed by atoms with van der Waals surface area (Å²) in [6, 6.07) is 13.9. The molecule has 0 bridgehead atoms. The maximum Gasteiger partial charge on any atom is 0.212 e. The summed E-state index contributed by atoms with van der Waals surface area (Å²) in [5, 5.41) is 0.984. The van der Waals surface area contributed by atoms with Crippen molar-refractivity contribution in [2.45, 2.75) is 0 Å². The molecule has 0 spiro atoms. The number of hydrogen-bond acceptors (Lipinski definition) is 4. The first-order chi connectivity index (χ1) is 12.6. The highest BCUT2D eigenvalue weighted by atomic mass is 35.5. The molecule has 0 aliphatic carbocycles. The average molecular weight is 383 g/mol. The Kier molecular flexibility index (Phi) is 4.45. The minimum atomic E-state index is -0.222. The minimum Gasteiger partial charge on any atom is -0.457 e. The van der Waals surface area contributed by atoms with Crippen LogP contribution >= 0.6 is 23.2 Å². The summed E-state index contributed by atoms with van der Waals surface area (Å²) in [6.07, 6.45) is 3.46. The molecule has 0 saturated heterocycles. The lowest BCUT2D eigenvalue weighted by molar-refractivity contribution is 0.106. The van der Waals surface area contributed by atoms with Crippen LogP contribution in [-0.4, -0.2) is 23.8 Å². The molecule has 0 aromatic heterocycles. The molecule has 0 unspecified atom stereocenters. The van der Waals surface area contributed by atoms with Crippen molar-refractivity contribution in [2.24, 2.45) is 9.98 Å². The Labute approximate surface area is 160 Å². The zero-order valence-corrected chi connectivity index (χ0v) is 15.0. The molecule has 2 heterocycles. The van der Waals surface area contributed by atoms with Gasteiger partial charge in [0.2, 0.25) is 5.78 Å². The van der Waals surface area contributed by atoms with Crippen LogP contribution in [0.1, 0.15) is 10.4 Å². The summed E-state index contributed by atoms with van der Waals surface area (Å²) in [6.45, 7) is 0.359. The predicted octanol–water partition coefficient (Wildman–Crippen LogP) is 5.23. The maximum absolute atomic E-state index is 12.7. The Morgan fingerprint density at radius 2 is 1.62 bits per heavy atom. The summed E-state index contributed by atoms with van der Waals surface area (Å²) >= 11 is 12.2. The van der Waals surface area contributed by atoms with E-state index >= 15 is 0 Å². The van der Waals surface area contributed by atoms with Gasteiger partial charge in [-0.3, -0.25) is 14.8 Å². The summed E-state index contributed by atoms with van der Waals surface area (Å²) in [5.74, 6) is 1.06. The maximum atomic E-state index is 12.7. The number of benzene rings is 2. The normalized spacial score (nSPS) is 15.5. The third-order valence-electron chi connectivity index (χ3n) is 3.99. The van der Waals surface area contributed by atoms with Gasteiger partial charge >= 0.3 is 0 Å². The first-order valence-corrected chi connectivity index (χ1v) is 8.64. The molecular weight excluding hydrogens is 371 g/mol. The van der Waals surface area contributed by atoms with Crippen molar-refractivity contribution in [2.75, 3.05) is 6.54 Å². The Balaban J connectivity index is 1.53. The average Bonchev–Trinajstić information content (AvgIpc) is 3.14. The van der Waals surface area contributed by atoms with E-state index in [1.807, 2.05) is 0 Å². The van der Waals surface area contributed by atoms with Crippen LogP contribution in [0, 0.1) is 0 Å². The zero-order valence-electron chi connectivity index (χ0n) is 13.4. The molecule has 0 amide bonds. The highest BCUT2D eigenvalue weighted by Crippen LogP contribution is 2.27. The second kappa shape index (κ2) is 6.90. The molecule has 0 atom stereocenters. The minimum absolute atomic E-state index is 0.222. The van der Waals surface area contributed by atoms with Gasteiger partial charge in [0.15, 0.2) is 0 Å². The number of ether oxygens (including phenoxy) is 1. The highest BCUT2D eigenvalue weighted by Gasteiger charge is 2.26. The molecule has 4 nitrogen and oxygen atoms in total. The van der Waals surface area contributed by atoms with Gasteiger partial charge in [-0.15, -0.1) is 0 Å². The van der Waals surface area contributed by atoms with Crippen LogP contribution in [0.4, 0.5) is 0 Å². The van der Waals surface area contributed by atoms with Gasteiger partial charge in [-0.1, -0.05) is 23.2 Å². The number of Topliss-reactive ketones (excluding diaryl/α,β-unsaturated/α-hetero) is 1. The van der Waals surface area contributed by atoms with Crippen molar-refractivity contribution >= 4 is 40.4 Å². The molecule has 0 N–H and O–H groups in total. The molecule has 0 fully saturated rings. The second-order valence-corrected chi connectivity index (χ2v) is 6.51. The molecule has 0 saturated carbocycles. The van der Waals surface area contributed by atoms with Gasteiger partial charge in [0.25, 0.3) is 0 Å². The number of halogens is 2. The first-order valence-electron chi connectivity index (χ1n) is 7.88. The van der Waals surface area contributed by atoms with E-state index in [-0.39, 0.29) is 11.5 Å². The second-order valence-electron chi connectivity index (χ2n) is 5.69. The molecule has 6 heteroatoms. The van der Waals surface area contributed by atoms with E-state index in [0.29, 0.717) is 33.7 Å². The Hall–Kier alpha value is -2.69. The van der Waals surface area contributed by atoms with E-state index < -0.39 is 0 Å². The van der Waals surface area contributed by atoms with Crippen molar-refractivity contribution < 1.29 is 9.53 Å². The van der Waals surface area contributed by atoms with E-state index in [9.17, 15) is 4.79 Å². The van der Waals surface area contributed by atoms with E-state index in [4.69, 9.17) is 27.9 Å². The molecule has 2 aliphatic rings. The number of dihydropyridines is 1. The number of rotatable bonds is 4. The highest BCUT2D eigenvalue weighted by molar-refractivity contribution is 6.64. The smallest absolute Gasteiger partial charge is 0.212 e. The van der Waals surface area contributed by atoms with Crippen LogP contribution < -0.4 is 4.74 Å². The van der Waals surface area contributed by atoms with Crippen LogP contribution in [0.5, 0.6) is 11.5 Å². The van der Waals surface area contributed by atoms with Crippen molar-refractivity contribution in [1.29, 1.82) is 0 Å². The monoisotopic (exact) mass is 382 g/mol. The number of fused-ring (bicyclic) bond motifs is 1. The van der Waals surface area contributed by atoms with Crippen molar-refractivity contribution in [3.05, 3.63) is 82.0 Å². The fraction of sp³-hybridized carbons (Fsp3) is 0.0500. The zero-order chi connectivity index (χ0) is 18.1. The van der Waals surface area contributed by atoms with E-state index in [0.717, 1.165) is 11.3 Å². The molecule has 2 aromatic rings. The van der Waals surface area contributed by atoms with Gasteiger partial charge < -0.3 is 4.74 Å². The number of carbonyl (C=O) groups excluding carboxylic acids is 1. The lowest BCUT2D eigenvalue weighted by Crippen LogP contribution is -2.23. The molecule has 2 aliphatic heterocycles. The number of aliphatic imine (C=N–C) groups is 2.